The molecule has 7 heteroatoms. The quantitative estimate of drug-likeness (QED) is 0.568. The number of aromatic amines is 1. The van der Waals surface area contributed by atoms with Gasteiger partial charge >= 0.3 is 12.0 Å². The molecule has 1 aromatic heterocycles. The molecular formula is C11H18N4O3. The molecule has 1 rings (SSSR count). The fraction of sp³-hybridized carbons (Fsp3) is 0.545. The zero-order valence-corrected chi connectivity index (χ0v) is 10.3. The van der Waals surface area contributed by atoms with Crippen LogP contribution < -0.4 is 10.6 Å². The van der Waals surface area contributed by atoms with E-state index in [4.69, 9.17) is 5.11 Å². The molecule has 1 unspecified atom stereocenters. The minimum absolute atomic E-state index is 0.0512. The second kappa shape index (κ2) is 7.31. The van der Waals surface area contributed by atoms with E-state index in [2.05, 4.69) is 20.6 Å². The summed E-state index contributed by atoms with van der Waals surface area (Å²) in [6.45, 7) is 2.27. The monoisotopic (exact) mass is 254 g/mol. The van der Waals surface area contributed by atoms with Crippen molar-refractivity contribution in [3.05, 3.63) is 18.2 Å². The van der Waals surface area contributed by atoms with E-state index < -0.39 is 5.97 Å². The molecule has 100 valence electrons. The highest BCUT2D eigenvalue weighted by atomic mass is 16.4. The van der Waals surface area contributed by atoms with Gasteiger partial charge in [0.25, 0.3) is 0 Å². The number of nitrogens with one attached hydrogen (secondary N) is 3. The predicted octanol–water partition coefficient (Wildman–Crippen LogP) is 0.505. The Labute approximate surface area is 105 Å². The maximum atomic E-state index is 11.4. The standard InChI is InChI=1S/C11H18N4O3/c1-8(2-3-10(16)17)15-11(18)13-5-4-9-6-12-7-14-9/h6-8H,2-5H2,1H3,(H,12,14)(H,16,17)(H2,13,15,18). The number of urea groups is 1. The van der Waals surface area contributed by atoms with Crippen LogP contribution in [0.15, 0.2) is 12.5 Å². The van der Waals surface area contributed by atoms with Crippen LogP contribution in [-0.2, 0) is 11.2 Å². The number of H-pyrrole nitrogens is 1. The Morgan fingerprint density at radius 1 is 1.56 bits per heavy atom. The maximum absolute atomic E-state index is 11.4. The minimum atomic E-state index is -0.858. The lowest BCUT2D eigenvalue weighted by atomic mass is 10.2. The molecule has 0 spiro atoms. The van der Waals surface area contributed by atoms with E-state index in [1.807, 2.05) is 0 Å². The third kappa shape index (κ3) is 5.88. The van der Waals surface area contributed by atoms with E-state index in [9.17, 15) is 9.59 Å². The van der Waals surface area contributed by atoms with Crippen molar-refractivity contribution in [3.63, 3.8) is 0 Å². The second-order valence-corrected chi connectivity index (χ2v) is 4.06. The van der Waals surface area contributed by atoms with Crippen LogP contribution in [0.25, 0.3) is 0 Å². The Morgan fingerprint density at radius 2 is 2.33 bits per heavy atom. The first-order valence-corrected chi connectivity index (χ1v) is 5.81. The van der Waals surface area contributed by atoms with Crippen LogP contribution in [0.3, 0.4) is 0 Å². The van der Waals surface area contributed by atoms with Crippen molar-refractivity contribution in [2.45, 2.75) is 32.2 Å². The molecule has 2 amide bonds. The maximum Gasteiger partial charge on any atom is 0.315 e. The molecule has 4 N–H and O–H groups in total. The number of carbonyl (C=O) groups is 2. The Bertz CT molecular complexity index is 378. The van der Waals surface area contributed by atoms with Crippen molar-refractivity contribution in [2.75, 3.05) is 6.54 Å². The Hall–Kier alpha value is -2.05. The van der Waals surface area contributed by atoms with Crippen LogP contribution in [0.1, 0.15) is 25.5 Å². The molecule has 1 atom stereocenters. The molecule has 0 fully saturated rings. The third-order valence-electron chi connectivity index (χ3n) is 2.40. The highest BCUT2D eigenvalue weighted by molar-refractivity contribution is 5.74. The van der Waals surface area contributed by atoms with Gasteiger partial charge in [-0.05, 0) is 13.3 Å². The molecular weight excluding hydrogens is 236 g/mol. The summed E-state index contributed by atoms with van der Waals surface area (Å²) in [5.74, 6) is -0.858. The summed E-state index contributed by atoms with van der Waals surface area (Å²) >= 11 is 0. The number of imidazole rings is 1. The zero-order valence-electron chi connectivity index (χ0n) is 10.3. The van der Waals surface area contributed by atoms with Crippen molar-refractivity contribution >= 4 is 12.0 Å². The summed E-state index contributed by atoms with van der Waals surface area (Å²) in [6.07, 6.45) is 4.44. The first-order valence-electron chi connectivity index (χ1n) is 5.81. The molecule has 7 nitrogen and oxygen atoms in total. The lowest BCUT2D eigenvalue weighted by Gasteiger charge is -2.13. The van der Waals surface area contributed by atoms with Crippen LogP contribution in [0.5, 0.6) is 0 Å². The topological polar surface area (TPSA) is 107 Å². The average molecular weight is 254 g/mol. The number of carboxylic acid groups (broad SMARTS) is 1. The minimum Gasteiger partial charge on any atom is -0.481 e. The number of aliphatic carboxylic acids is 1. The van der Waals surface area contributed by atoms with Crippen molar-refractivity contribution in [3.8, 4) is 0 Å². The molecule has 1 heterocycles. The van der Waals surface area contributed by atoms with Crippen molar-refractivity contribution in [1.29, 1.82) is 0 Å². The summed E-state index contributed by atoms with van der Waals surface area (Å²) in [5.41, 5.74) is 0.953. The molecule has 0 saturated carbocycles. The second-order valence-electron chi connectivity index (χ2n) is 4.06. The SMILES string of the molecule is CC(CCC(=O)O)NC(=O)NCCc1cnc[nH]1. The smallest absolute Gasteiger partial charge is 0.315 e. The molecule has 0 bridgehead atoms. The number of carbonyl (C=O) groups excluding carboxylic acids is 1. The van der Waals surface area contributed by atoms with Crippen LogP contribution in [0.4, 0.5) is 4.79 Å². The van der Waals surface area contributed by atoms with Gasteiger partial charge in [-0.25, -0.2) is 9.78 Å². The number of rotatable bonds is 7. The van der Waals surface area contributed by atoms with Crippen molar-refractivity contribution in [2.24, 2.45) is 0 Å². The summed E-state index contributed by atoms with van der Waals surface area (Å²) in [6, 6.07) is -0.444. The van der Waals surface area contributed by atoms with Gasteiger partial charge in [0.1, 0.15) is 0 Å². The van der Waals surface area contributed by atoms with Gasteiger partial charge in [0.2, 0.25) is 0 Å². The number of amides is 2. The van der Waals surface area contributed by atoms with E-state index in [-0.39, 0.29) is 18.5 Å². The predicted molar refractivity (Wildman–Crippen MR) is 65.2 cm³/mol. The van der Waals surface area contributed by atoms with Gasteiger partial charge < -0.3 is 20.7 Å². The van der Waals surface area contributed by atoms with Crippen LogP contribution in [-0.4, -0.2) is 39.7 Å². The summed E-state index contributed by atoms with van der Waals surface area (Å²) < 4.78 is 0. The summed E-state index contributed by atoms with van der Waals surface area (Å²) in [4.78, 5) is 28.6. The first-order chi connectivity index (χ1) is 8.58. The van der Waals surface area contributed by atoms with Gasteiger partial charge in [-0.3, -0.25) is 4.79 Å². The van der Waals surface area contributed by atoms with E-state index in [1.54, 1.807) is 19.4 Å². The molecule has 0 aliphatic carbocycles. The molecule has 0 aromatic carbocycles. The van der Waals surface area contributed by atoms with Gasteiger partial charge in [0.05, 0.1) is 6.33 Å². The van der Waals surface area contributed by atoms with Gasteiger partial charge in [-0.15, -0.1) is 0 Å². The lowest BCUT2D eigenvalue weighted by Crippen LogP contribution is -2.41. The molecule has 0 saturated heterocycles. The van der Waals surface area contributed by atoms with Crippen molar-refractivity contribution in [1.82, 2.24) is 20.6 Å². The largest absolute Gasteiger partial charge is 0.481 e. The highest BCUT2D eigenvalue weighted by Gasteiger charge is 2.08. The summed E-state index contributed by atoms with van der Waals surface area (Å²) in [5, 5.41) is 13.9. The number of hydrogen-bond donors (Lipinski definition) is 4. The Kier molecular flexibility index (Phi) is 5.69. The van der Waals surface area contributed by atoms with Crippen LogP contribution in [0.2, 0.25) is 0 Å². The van der Waals surface area contributed by atoms with Crippen LogP contribution >= 0.6 is 0 Å². The molecule has 1 aromatic rings. The first kappa shape index (κ1) is 14.0. The molecule has 0 aliphatic rings. The normalized spacial score (nSPS) is 11.8. The van der Waals surface area contributed by atoms with Gasteiger partial charge in [-0.1, -0.05) is 0 Å². The number of carboxylic acids is 1. The van der Waals surface area contributed by atoms with Crippen LogP contribution in [0, 0.1) is 0 Å². The molecule has 18 heavy (non-hydrogen) atoms. The Morgan fingerprint density at radius 3 is 2.94 bits per heavy atom. The van der Waals surface area contributed by atoms with E-state index in [0.717, 1.165) is 5.69 Å². The number of nitrogens with zero attached hydrogens (tertiary/aromatic N) is 1. The van der Waals surface area contributed by atoms with Crippen molar-refractivity contribution < 1.29 is 14.7 Å². The Balaban J connectivity index is 2.11. The van der Waals surface area contributed by atoms with E-state index in [1.165, 1.54) is 0 Å². The van der Waals surface area contributed by atoms with E-state index in [0.29, 0.717) is 19.4 Å². The fourth-order valence-electron chi connectivity index (χ4n) is 1.42. The third-order valence-corrected chi connectivity index (χ3v) is 2.40. The highest BCUT2D eigenvalue weighted by Crippen LogP contribution is 1.96. The van der Waals surface area contributed by atoms with E-state index >= 15 is 0 Å². The number of hydrogen-bond acceptors (Lipinski definition) is 3. The fourth-order valence-corrected chi connectivity index (χ4v) is 1.42. The molecule has 0 aliphatic heterocycles. The summed E-state index contributed by atoms with van der Waals surface area (Å²) in [7, 11) is 0. The zero-order chi connectivity index (χ0) is 13.4. The van der Waals surface area contributed by atoms with Gasteiger partial charge in [0.15, 0.2) is 0 Å². The van der Waals surface area contributed by atoms with Gasteiger partial charge in [-0.2, -0.15) is 0 Å². The lowest BCUT2D eigenvalue weighted by molar-refractivity contribution is -0.137. The molecule has 0 radical (unpaired) electrons. The number of aromatic nitrogens is 2. The van der Waals surface area contributed by atoms with Gasteiger partial charge in [0, 0.05) is 37.3 Å². The average Bonchev–Trinajstić information content (AvgIpc) is 2.79.